The SMILES string of the molecule is COc1ccc(SCc2cc(F)cc(Br)c2)cc1. The average Bonchev–Trinajstić information content (AvgIpc) is 2.36. The van der Waals surface area contributed by atoms with Crippen LogP contribution in [0.3, 0.4) is 0 Å². The molecule has 0 unspecified atom stereocenters. The van der Waals surface area contributed by atoms with Gasteiger partial charge in [0.25, 0.3) is 0 Å². The summed E-state index contributed by atoms with van der Waals surface area (Å²) in [4.78, 5) is 1.14. The van der Waals surface area contributed by atoms with Crippen LogP contribution in [0.15, 0.2) is 51.8 Å². The van der Waals surface area contributed by atoms with Crippen molar-refractivity contribution in [1.29, 1.82) is 0 Å². The van der Waals surface area contributed by atoms with Crippen LogP contribution in [-0.4, -0.2) is 7.11 Å². The van der Waals surface area contributed by atoms with Gasteiger partial charge in [-0.2, -0.15) is 0 Å². The first kappa shape index (κ1) is 13.4. The topological polar surface area (TPSA) is 9.23 Å². The summed E-state index contributed by atoms with van der Waals surface area (Å²) in [6, 6.07) is 12.8. The predicted octanol–water partition coefficient (Wildman–Crippen LogP) is 4.89. The van der Waals surface area contributed by atoms with Gasteiger partial charge in [-0.1, -0.05) is 15.9 Å². The van der Waals surface area contributed by atoms with E-state index in [0.717, 1.165) is 26.4 Å². The molecule has 1 nitrogen and oxygen atoms in total. The highest BCUT2D eigenvalue weighted by Gasteiger charge is 2.01. The summed E-state index contributed by atoms with van der Waals surface area (Å²) in [5.74, 6) is 1.37. The van der Waals surface area contributed by atoms with Gasteiger partial charge in [-0.3, -0.25) is 0 Å². The van der Waals surface area contributed by atoms with Crippen molar-refractivity contribution < 1.29 is 9.13 Å². The molecule has 94 valence electrons. The summed E-state index contributed by atoms with van der Waals surface area (Å²) in [7, 11) is 1.65. The summed E-state index contributed by atoms with van der Waals surface area (Å²) in [5, 5.41) is 0. The minimum Gasteiger partial charge on any atom is -0.497 e. The Morgan fingerprint density at radius 1 is 1.17 bits per heavy atom. The van der Waals surface area contributed by atoms with Crippen molar-refractivity contribution in [3.05, 3.63) is 58.3 Å². The highest BCUT2D eigenvalue weighted by atomic mass is 79.9. The monoisotopic (exact) mass is 326 g/mol. The molecule has 0 bridgehead atoms. The Morgan fingerprint density at radius 2 is 1.89 bits per heavy atom. The van der Waals surface area contributed by atoms with Crippen LogP contribution in [0.5, 0.6) is 5.75 Å². The van der Waals surface area contributed by atoms with Gasteiger partial charge in [-0.25, -0.2) is 4.39 Å². The first-order chi connectivity index (χ1) is 8.67. The molecule has 0 aromatic heterocycles. The highest BCUT2D eigenvalue weighted by molar-refractivity contribution is 9.10. The van der Waals surface area contributed by atoms with Crippen molar-refractivity contribution in [2.75, 3.05) is 7.11 Å². The Kier molecular flexibility index (Phi) is 4.66. The molecule has 2 aromatic carbocycles. The van der Waals surface area contributed by atoms with E-state index < -0.39 is 0 Å². The van der Waals surface area contributed by atoms with Crippen molar-refractivity contribution >= 4 is 27.7 Å². The van der Waals surface area contributed by atoms with Gasteiger partial charge < -0.3 is 4.74 Å². The van der Waals surface area contributed by atoms with Crippen LogP contribution in [0.2, 0.25) is 0 Å². The van der Waals surface area contributed by atoms with Gasteiger partial charge in [0.05, 0.1) is 7.11 Å². The van der Waals surface area contributed by atoms with Gasteiger partial charge in [0.2, 0.25) is 0 Å². The van der Waals surface area contributed by atoms with Crippen molar-refractivity contribution in [2.24, 2.45) is 0 Å². The van der Waals surface area contributed by atoms with Gasteiger partial charge in [0, 0.05) is 15.1 Å². The van der Waals surface area contributed by atoms with E-state index in [1.54, 1.807) is 24.9 Å². The molecule has 0 saturated carbocycles. The Hall–Kier alpha value is -1.00. The number of thioether (sulfide) groups is 1. The van der Waals surface area contributed by atoms with Gasteiger partial charge in [0.1, 0.15) is 11.6 Å². The molecule has 4 heteroatoms. The molecule has 18 heavy (non-hydrogen) atoms. The van der Waals surface area contributed by atoms with Crippen LogP contribution in [0.1, 0.15) is 5.56 Å². The summed E-state index contributed by atoms with van der Waals surface area (Å²) in [5.41, 5.74) is 0.961. The number of hydrogen-bond donors (Lipinski definition) is 0. The maximum Gasteiger partial charge on any atom is 0.124 e. The molecule has 2 aromatic rings. The molecule has 0 amide bonds. The molecule has 0 radical (unpaired) electrons. The zero-order chi connectivity index (χ0) is 13.0. The van der Waals surface area contributed by atoms with Crippen molar-refractivity contribution in [2.45, 2.75) is 10.6 Å². The third-order valence-electron chi connectivity index (χ3n) is 2.39. The van der Waals surface area contributed by atoms with E-state index >= 15 is 0 Å². The van der Waals surface area contributed by atoms with Crippen LogP contribution < -0.4 is 4.74 Å². The number of rotatable bonds is 4. The lowest BCUT2D eigenvalue weighted by atomic mass is 10.2. The van der Waals surface area contributed by atoms with Crippen LogP contribution in [0.25, 0.3) is 0 Å². The van der Waals surface area contributed by atoms with Crippen LogP contribution in [0.4, 0.5) is 4.39 Å². The minimum atomic E-state index is -0.213. The van der Waals surface area contributed by atoms with Crippen molar-refractivity contribution in [3.63, 3.8) is 0 Å². The third-order valence-corrected chi connectivity index (χ3v) is 3.93. The molecule has 0 atom stereocenters. The van der Waals surface area contributed by atoms with Gasteiger partial charge in [0.15, 0.2) is 0 Å². The maximum absolute atomic E-state index is 13.2. The number of ether oxygens (including phenoxy) is 1. The van der Waals surface area contributed by atoms with Crippen LogP contribution in [0, 0.1) is 5.82 Å². The third kappa shape index (κ3) is 3.75. The van der Waals surface area contributed by atoms with E-state index in [-0.39, 0.29) is 5.82 Å². The quantitative estimate of drug-likeness (QED) is 0.740. The molecule has 0 aliphatic rings. The van der Waals surface area contributed by atoms with E-state index in [2.05, 4.69) is 15.9 Å². The summed E-state index contributed by atoms with van der Waals surface area (Å²) < 4.78 is 19.1. The van der Waals surface area contributed by atoms with Crippen molar-refractivity contribution in [3.8, 4) is 5.75 Å². The van der Waals surface area contributed by atoms with Crippen LogP contribution >= 0.6 is 27.7 Å². The molecule has 0 fully saturated rings. The van der Waals surface area contributed by atoms with Gasteiger partial charge in [-0.15, -0.1) is 11.8 Å². The van der Waals surface area contributed by atoms with Gasteiger partial charge in [-0.05, 0) is 48.0 Å². The first-order valence-electron chi connectivity index (χ1n) is 5.39. The number of hydrogen-bond acceptors (Lipinski definition) is 2. The Morgan fingerprint density at radius 3 is 2.50 bits per heavy atom. The second kappa shape index (κ2) is 6.25. The molecule has 2 rings (SSSR count). The lowest BCUT2D eigenvalue weighted by Crippen LogP contribution is -1.85. The standard InChI is InChI=1S/C14H12BrFOS/c1-17-13-2-4-14(5-3-13)18-9-10-6-11(15)8-12(16)7-10/h2-8H,9H2,1H3. The molecule has 0 aliphatic carbocycles. The van der Waals surface area contributed by atoms with E-state index in [4.69, 9.17) is 4.74 Å². The summed E-state index contributed by atoms with van der Waals surface area (Å²) in [6.45, 7) is 0. The molecule has 0 heterocycles. The zero-order valence-corrected chi connectivity index (χ0v) is 12.2. The number of halogens is 2. The first-order valence-corrected chi connectivity index (χ1v) is 7.17. The Bertz CT molecular complexity index is 508. The zero-order valence-electron chi connectivity index (χ0n) is 9.82. The molecular formula is C14H12BrFOS. The fraction of sp³-hybridized carbons (Fsp3) is 0.143. The molecule has 0 saturated heterocycles. The van der Waals surface area contributed by atoms with E-state index in [1.807, 2.05) is 30.3 Å². The second-order valence-corrected chi connectivity index (χ2v) is 5.71. The molecular weight excluding hydrogens is 315 g/mol. The second-order valence-electron chi connectivity index (χ2n) is 3.74. The lowest BCUT2D eigenvalue weighted by molar-refractivity contribution is 0.414. The number of benzene rings is 2. The smallest absolute Gasteiger partial charge is 0.124 e. The Balaban J connectivity index is 2.01. The summed E-state index contributed by atoms with van der Waals surface area (Å²) >= 11 is 4.96. The van der Waals surface area contributed by atoms with Gasteiger partial charge >= 0.3 is 0 Å². The highest BCUT2D eigenvalue weighted by Crippen LogP contribution is 2.26. The van der Waals surface area contributed by atoms with E-state index in [1.165, 1.54) is 6.07 Å². The summed E-state index contributed by atoms with van der Waals surface area (Å²) in [6.07, 6.45) is 0. The fourth-order valence-electron chi connectivity index (χ4n) is 1.53. The van der Waals surface area contributed by atoms with E-state index in [0.29, 0.717) is 0 Å². The lowest BCUT2D eigenvalue weighted by Gasteiger charge is -2.04. The average molecular weight is 327 g/mol. The van der Waals surface area contributed by atoms with Crippen molar-refractivity contribution in [1.82, 2.24) is 0 Å². The minimum absolute atomic E-state index is 0.213. The molecule has 0 N–H and O–H groups in total. The van der Waals surface area contributed by atoms with E-state index in [9.17, 15) is 4.39 Å². The fourth-order valence-corrected chi connectivity index (χ4v) is 2.87. The van der Waals surface area contributed by atoms with Crippen LogP contribution in [-0.2, 0) is 5.75 Å². The Labute approximate surface area is 118 Å². The largest absolute Gasteiger partial charge is 0.497 e. The maximum atomic E-state index is 13.2. The predicted molar refractivity (Wildman–Crippen MR) is 76.7 cm³/mol. The molecule has 0 spiro atoms. The number of methoxy groups -OCH3 is 1. The normalized spacial score (nSPS) is 10.4. The molecule has 0 aliphatic heterocycles.